The molecule has 0 radical (unpaired) electrons. The summed E-state index contributed by atoms with van der Waals surface area (Å²) in [5.74, 6) is 0. The normalized spacial score (nSPS) is 18.6. The number of unbranched alkanes of at least 4 members (excludes halogenated alkanes) is 6. The van der Waals surface area contributed by atoms with Gasteiger partial charge in [-0.1, -0.05) is 95.6 Å². The Hall–Kier alpha value is 0.217. The van der Waals surface area contributed by atoms with Gasteiger partial charge in [0.1, 0.15) is 0 Å². The van der Waals surface area contributed by atoms with E-state index in [2.05, 4.69) is 6.92 Å². The van der Waals surface area contributed by atoms with E-state index >= 15 is 0 Å². The van der Waals surface area contributed by atoms with E-state index in [1.54, 1.807) is 38.1 Å². The maximum Gasteiger partial charge on any atom is 0.0231 e. The molecule has 1 saturated carbocycles. The van der Waals surface area contributed by atoms with Gasteiger partial charge in [-0.25, -0.2) is 0 Å². The Kier molecular flexibility index (Phi) is 9.26. The van der Waals surface area contributed by atoms with Gasteiger partial charge in [-0.2, -0.15) is 0 Å². The molecule has 1 aliphatic carbocycles. The molecule has 0 aliphatic heterocycles. The predicted octanol–water partition coefficient (Wildman–Crippen LogP) is 5.08. The lowest BCUT2D eigenvalue weighted by Crippen LogP contribution is -2.07. The van der Waals surface area contributed by atoms with Crippen LogP contribution in [0, 0.1) is 0 Å². The molecule has 16 heavy (non-hydrogen) atoms. The summed E-state index contributed by atoms with van der Waals surface area (Å²) in [7, 11) is 0.322. The van der Waals surface area contributed by atoms with Gasteiger partial charge in [0, 0.05) is 9.52 Å². The average Bonchev–Trinajstić information content (AvgIpc) is 2.34. The molecule has 1 aliphatic rings. The molecular weight excluding hydrogens is 208 g/mol. The fraction of sp³-hybridized carbons (Fsp3) is 1.00. The summed E-state index contributed by atoms with van der Waals surface area (Å²) in [4.78, 5) is 0. The lowest BCUT2D eigenvalue weighted by atomic mass is 10.0. The van der Waals surface area contributed by atoms with E-state index in [1.807, 2.05) is 0 Å². The summed E-state index contributed by atoms with van der Waals surface area (Å²) < 4.78 is 0. The van der Waals surface area contributed by atoms with Gasteiger partial charge in [0.15, 0.2) is 0 Å². The molecule has 0 bridgehead atoms. The summed E-state index contributed by atoms with van der Waals surface area (Å²) in [6.07, 6.45) is 18.3. The summed E-state index contributed by atoms with van der Waals surface area (Å²) in [6, 6.07) is 1.65. The van der Waals surface area contributed by atoms with Crippen molar-refractivity contribution in [2.75, 3.05) is 0 Å². The van der Waals surface area contributed by atoms with E-state index in [4.69, 9.17) is 0 Å². The van der Waals surface area contributed by atoms with Crippen LogP contribution in [0.4, 0.5) is 0 Å². The van der Waals surface area contributed by atoms with Crippen molar-refractivity contribution < 1.29 is 0 Å². The van der Waals surface area contributed by atoms with Gasteiger partial charge >= 0.3 is 0 Å². The molecular formula is C15H32Si. The molecule has 0 N–H and O–H groups in total. The third-order valence-corrected chi connectivity index (χ3v) is 6.73. The molecule has 0 heterocycles. The zero-order chi connectivity index (χ0) is 11.5. The molecule has 0 amide bonds. The van der Waals surface area contributed by atoms with Crippen molar-refractivity contribution in [3.8, 4) is 0 Å². The second kappa shape index (κ2) is 10.4. The quantitative estimate of drug-likeness (QED) is 0.389. The predicted molar refractivity (Wildman–Crippen MR) is 78.2 cm³/mol. The Morgan fingerprint density at radius 1 is 0.812 bits per heavy atom. The lowest BCUT2D eigenvalue weighted by molar-refractivity contribution is 0.499. The average molecular weight is 241 g/mol. The van der Waals surface area contributed by atoms with Crippen molar-refractivity contribution in [1.82, 2.24) is 0 Å². The van der Waals surface area contributed by atoms with Crippen molar-refractivity contribution in [1.29, 1.82) is 0 Å². The van der Waals surface area contributed by atoms with Crippen LogP contribution in [0.15, 0.2) is 0 Å². The topological polar surface area (TPSA) is 0 Å². The van der Waals surface area contributed by atoms with Gasteiger partial charge < -0.3 is 0 Å². The van der Waals surface area contributed by atoms with Gasteiger partial charge in [0.2, 0.25) is 0 Å². The Balaban J connectivity index is 1.77. The van der Waals surface area contributed by atoms with Crippen LogP contribution in [0.5, 0.6) is 0 Å². The molecule has 0 nitrogen and oxygen atoms in total. The highest BCUT2D eigenvalue weighted by Crippen LogP contribution is 2.28. The second-order valence-electron chi connectivity index (χ2n) is 5.77. The molecule has 1 rings (SSSR count). The molecule has 0 aromatic rings. The minimum Gasteiger partial charge on any atom is -0.0654 e. The Morgan fingerprint density at radius 2 is 1.44 bits per heavy atom. The highest BCUT2D eigenvalue weighted by Gasteiger charge is 2.12. The van der Waals surface area contributed by atoms with Crippen LogP contribution in [-0.4, -0.2) is 9.52 Å². The van der Waals surface area contributed by atoms with Crippen LogP contribution >= 0.6 is 0 Å². The van der Waals surface area contributed by atoms with Crippen LogP contribution in [0.1, 0.15) is 84.0 Å². The van der Waals surface area contributed by atoms with Crippen molar-refractivity contribution in [3.05, 3.63) is 0 Å². The maximum atomic E-state index is 2.30. The largest absolute Gasteiger partial charge is 0.0654 e. The first-order valence-electron chi connectivity index (χ1n) is 7.93. The highest BCUT2D eigenvalue weighted by atomic mass is 28.2. The lowest BCUT2D eigenvalue weighted by Gasteiger charge is -2.20. The molecule has 0 spiro atoms. The first kappa shape index (κ1) is 14.3. The smallest absolute Gasteiger partial charge is 0.0231 e. The minimum atomic E-state index is 0.322. The second-order valence-corrected chi connectivity index (χ2v) is 8.21. The van der Waals surface area contributed by atoms with E-state index < -0.39 is 0 Å². The number of hydrogen-bond donors (Lipinski definition) is 0. The number of rotatable bonds is 9. The molecule has 0 aromatic heterocycles. The summed E-state index contributed by atoms with van der Waals surface area (Å²) in [5.41, 5.74) is 1.24. The molecule has 0 atom stereocenters. The Labute approximate surface area is 105 Å². The van der Waals surface area contributed by atoms with Crippen molar-refractivity contribution in [2.45, 2.75) is 95.6 Å². The van der Waals surface area contributed by atoms with Crippen LogP contribution in [-0.2, 0) is 0 Å². The van der Waals surface area contributed by atoms with E-state index in [1.165, 1.54) is 50.5 Å². The fourth-order valence-electron chi connectivity index (χ4n) is 3.04. The minimum absolute atomic E-state index is 0.322. The van der Waals surface area contributed by atoms with Crippen molar-refractivity contribution in [2.24, 2.45) is 0 Å². The highest BCUT2D eigenvalue weighted by molar-refractivity contribution is 6.37. The van der Waals surface area contributed by atoms with E-state index in [9.17, 15) is 0 Å². The van der Waals surface area contributed by atoms with Gasteiger partial charge in [0.05, 0.1) is 0 Å². The van der Waals surface area contributed by atoms with Gasteiger partial charge in [0.25, 0.3) is 0 Å². The monoisotopic (exact) mass is 240 g/mol. The Bertz CT molecular complexity index is 138. The van der Waals surface area contributed by atoms with E-state index in [0.29, 0.717) is 9.52 Å². The third-order valence-electron chi connectivity index (χ3n) is 4.19. The number of hydrogen-bond acceptors (Lipinski definition) is 0. The van der Waals surface area contributed by atoms with E-state index in [0.717, 1.165) is 0 Å². The maximum absolute atomic E-state index is 2.30. The molecule has 1 fully saturated rings. The summed E-state index contributed by atoms with van der Waals surface area (Å²) in [5, 5.41) is 0. The van der Waals surface area contributed by atoms with Crippen LogP contribution in [0.2, 0.25) is 11.6 Å². The molecule has 0 unspecified atom stereocenters. The van der Waals surface area contributed by atoms with Crippen LogP contribution < -0.4 is 0 Å². The van der Waals surface area contributed by atoms with Crippen molar-refractivity contribution >= 4 is 9.52 Å². The van der Waals surface area contributed by atoms with Crippen molar-refractivity contribution in [3.63, 3.8) is 0 Å². The zero-order valence-electron chi connectivity index (χ0n) is 11.5. The molecule has 0 saturated heterocycles. The SMILES string of the molecule is CCCCCCCCC[SiH2]C1CCCCC1. The van der Waals surface area contributed by atoms with Crippen LogP contribution in [0.3, 0.4) is 0 Å². The van der Waals surface area contributed by atoms with Gasteiger partial charge in [-0.15, -0.1) is 0 Å². The summed E-state index contributed by atoms with van der Waals surface area (Å²) in [6.45, 7) is 2.30. The van der Waals surface area contributed by atoms with Crippen LogP contribution in [0.25, 0.3) is 0 Å². The first-order valence-corrected chi connectivity index (χ1v) is 9.75. The van der Waals surface area contributed by atoms with Gasteiger partial charge in [-0.3, -0.25) is 0 Å². The standard InChI is InChI=1S/C15H32Si/c1-2-3-4-5-6-7-11-14-16-15-12-9-8-10-13-15/h15H,2-14,16H2,1H3. The molecule has 1 heteroatoms. The van der Waals surface area contributed by atoms with Gasteiger partial charge in [-0.05, 0) is 0 Å². The zero-order valence-corrected chi connectivity index (χ0v) is 12.9. The fourth-order valence-corrected chi connectivity index (χ4v) is 5.42. The molecule has 0 aromatic carbocycles. The third kappa shape index (κ3) is 7.48. The first-order chi connectivity index (χ1) is 7.93. The summed E-state index contributed by atoms with van der Waals surface area (Å²) >= 11 is 0. The van der Waals surface area contributed by atoms with E-state index in [-0.39, 0.29) is 0 Å². The Morgan fingerprint density at radius 3 is 2.12 bits per heavy atom. The molecule has 96 valence electrons.